The molecule has 1 spiro atoms. The van der Waals surface area contributed by atoms with Crippen LogP contribution in [0.2, 0.25) is 0 Å². The van der Waals surface area contributed by atoms with Crippen LogP contribution in [0.3, 0.4) is 0 Å². The summed E-state index contributed by atoms with van der Waals surface area (Å²) in [5.74, 6) is -1.70. The van der Waals surface area contributed by atoms with E-state index < -0.39 is 29.0 Å². The van der Waals surface area contributed by atoms with E-state index in [4.69, 9.17) is 9.84 Å². The number of likely N-dealkylation sites (N-methyl/N-ethyl adjacent to an activating group) is 1. The van der Waals surface area contributed by atoms with Crippen molar-refractivity contribution < 1.29 is 24.2 Å². The van der Waals surface area contributed by atoms with Gasteiger partial charge in [0.15, 0.2) is 0 Å². The molecule has 3 aliphatic heterocycles. The van der Waals surface area contributed by atoms with E-state index in [2.05, 4.69) is 13.2 Å². The molecule has 0 aliphatic carbocycles. The predicted octanol–water partition coefficient (Wildman–Crippen LogP) is 1.98. The van der Waals surface area contributed by atoms with Crippen LogP contribution in [0.15, 0.2) is 25.3 Å². The first-order chi connectivity index (χ1) is 16.0. The number of aliphatic hydroxyl groups is 1. The van der Waals surface area contributed by atoms with Crippen LogP contribution < -0.4 is 0 Å². The van der Waals surface area contributed by atoms with Gasteiger partial charge in [0.1, 0.15) is 11.6 Å². The number of ether oxygens (including phenoxy) is 1. The molecular formula is C26H41N3O5. The van der Waals surface area contributed by atoms with Crippen LogP contribution in [-0.2, 0) is 19.1 Å². The molecule has 3 heterocycles. The van der Waals surface area contributed by atoms with Crippen LogP contribution in [0.25, 0.3) is 0 Å². The lowest BCUT2D eigenvalue weighted by Gasteiger charge is -2.42. The molecule has 3 aliphatic rings. The summed E-state index contributed by atoms with van der Waals surface area (Å²) in [5.41, 5.74) is -1.46. The summed E-state index contributed by atoms with van der Waals surface area (Å²) in [6.07, 6.45) is 6.31. The largest absolute Gasteiger partial charge is 0.396 e. The quantitative estimate of drug-likeness (QED) is 0.365. The van der Waals surface area contributed by atoms with Gasteiger partial charge >= 0.3 is 0 Å². The van der Waals surface area contributed by atoms with Gasteiger partial charge in [-0.15, -0.1) is 13.2 Å². The van der Waals surface area contributed by atoms with Gasteiger partial charge in [0.25, 0.3) is 0 Å². The average molecular weight is 476 g/mol. The fourth-order valence-corrected chi connectivity index (χ4v) is 6.03. The van der Waals surface area contributed by atoms with Crippen LogP contribution in [0, 0.1) is 11.8 Å². The molecule has 190 valence electrons. The maximum absolute atomic E-state index is 14.1. The number of amides is 3. The zero-order chi connectivity index (χ0) is 25.3. The highest BCUT2D eigenvalue weighted by Crippen LogP contribution is 2.59. The number of fused-ring (bicyclic) bond motifs is 1. The topological polar surface area (TPSA) is 90.4 Å². The van der Waals surface area contributed by atoms with Crippen LogP contribution in [0.1, 0.15) is 52.9 Å². The van der Waals surface area contributed by atoms with Gasteiger partial charge in [0.2, 0.25) is 17.7 Å². The van der Waals surface area contributed by atoms with Crippen LogP contribution in [0.4, 0.5) is 0 Å². The summed E-state index contributed by atoms with van der Waals surface area (Å²) >= 11 is 0. The standard InChI is InChI=1S/C26H41N3O5/c1-7-14-27(6)22(31)19-18-12-13-26(34-18)20(19)23(32)28(16-10-9-11-17-30)21(26)24(33)29(15-8-2)25(3,4)5/h7-8,18-21,30H,1-2,9-17H2,3-6H3/t18-,19+,20+,21?,26?/m1/s1. The predicted molar refractivity (Wildman–Crippen MR) is 130 cm³/mol. The first-order valence-electron chi connectivity index (χ1n) is 12.4. The van der Waals surface area contributed by atoms with Crippen LogP contribution in [0.5, 0.6) is 0 Å². The second-order valence-corrected chi connectivity index (χ2v) is 10.8. The van der Waals surface area contributed by atoms with Gasteiger partial charge in [-0.05, 0) is 52.9 Å². The summed E-state index contributed by atoms with van der Waals surface area (Å²) in [6, 6.07) is -0.772. The lowest BCUT2D eigenvalue weighted by Crippen LogP contribution is -2.60. The molecule has 0 aromatic heterocycles. The Balaban J connectivity index is 2.01. The maximum atomic E-state index is 14.1. The highest BCUT2D eigenvalue weighted by atomic mass is 16.5. The fourth-order valence-electron chi connectivity index (χ4n) is 6.03. The van der Waals surface area contributed by atoms with Crippen molar-refractivity contribution in [2.75, 3.05) is 33.3 Å². The van der Waals surface area contributed by atoms with Gasteiger partial charge in [0.05, 0.1) is 17.9 Å². The zero-order valence-corrected chi connectivity index (χ0v) is 21.2. The monoisotopic (exact) mass is 475 g/mol. The molecule has 2 bridgehead atoms. The molecule has 2 unspecified atom stereocenters. The molecule has 3 saturated heterocycles. The minimum atomic E-state index is -0.990. The van der Waals surface area contributed by atoms with Crippen LogP contribution >= 0.6 is 0 Å². The molecule has 0 aromatic rings. The van der Waals surface area contributed by atoms with E-state index >= 15 is 0 Å². The minimum absolute atomic E-state index is 0.0943. The Bertz CT molecular complexity index is 822. The highest BCUT2D eigenvalue weighted by molar-refractivity contribution is 5.99. The van der Waals surface area contributed by atoms with E-state index in [-0.39, 0.29) is 30.4 Å². The fraction of sp³-hybridized carbons (Fsp3) is 0.731. The summed E-state index contributed by atoms with van der Waals surface area (Å²) in [4.78, 5) is 46.4. The summed E-state index contributed by atoms with van der Waals surface area (Å²) in [7, 11) is 1.71. The number of carbonyl (C=O) groups is 3. The van der Waals surface area contributed by atoms with Crippen molar-refractivity contribution in [1.82, 2.24) is 14.7 Å². The Hall–Kier alpha value is -2.19. The average Bonchev–Trinajstić information content (AvgIpc) is 3.41. The molecule has 3 rings (SSSR count). The van der Waals surface area contributed by atoms with Crippen molar-refractivity contribution in [3.63, 3.8) is 0 Å². The van der Waals surface area contributed by atoms with Crippen molar-refractivity contribution in [2.45, 2.75) is 76.2 Å². The van der Waals surface area contributed by atoms with Crippen LogP contribution in [-0.4, -0.2) is 94.1 Å². The molecule has 0 aromatic carbocycles. The van der Waals surface area contributed by atoms with Gasteiger partial charge in [-0.25, -0.2) is 0 Å². The number of nitrogens with zero attached hydrogens (tertiary/aromatic N) is 3. The number of carbonyl (C=O) groups excluding carboxylic acids is 3. The third kappa shape index (κ3) is 4.42. The Labute approximate surface area is 203 Å². The van der Waals surface area contributed by atoms with E-state index in [1.807, 2.05) is 20.8 Å². The SMILES string of the molecule is C=CCN(C)C(=O)[C@@H]1[C@H]2C(=O)N(CCCCCO)C(C(=O)N(CC=C)C(C)(C)C)C23CC[C@H]1O3. The number of rotatable bonds is 11. The molecule has 1 N–H and O–H groups in total. The summed E-state index contributed by atoms with van der Waals surface area (Å²) < 4.78 is 6.50. The number of unbranched alkanes of at least 4 members (excludes halogenated alkanes) is 2. The van der Waals surface area contributed by atoms with Crippen molar-refractivity contribution in [3.8, 4) is 0 Å². The minimum Gasteiger partial charge on any atom is -0.396 e. The molecule has 34 heavy (non-hydrogen) atoms. The van der Waals surface area contributed by atoms with E-state index in [0.29, 0.717) is 45.3 Å². The second-order valence-electron chi connectivity index (χ2n) is 10.8. The van der Waals surface area contributed by atoms with Crippen molar-refractivity contribution in [2.24, 2.45) is 11.8 Å². The Kier molecular flexibility index (Phi) is 7.92. The molecule has 5 atom stereocenters. The highest BCUT2D eigenvalue weighted by Gasteiger charge is 2.74. The normalized spacial score (nSPS) is 29.8. The Morgan fingerprint density at radius 1 is 1.18 bits per heavy atom. The third-order valence-corrected chi connectivity index (χ3v) is 7.54. The first-order valence-corrected chi connectivity index (χ1v) is 12.4. The maximum Gasteiger partial charge on any atom is 0.249 e. The molecule has 8 nitrogen and oxygen atoms in total. The number of likely N-dealkylation sites (tertiary alicyclic amines) is 1. The van der Waals surface area contributed by atoms with Gasteiger partial charge in [0, 0.05) is 38.8 Å². The van der Waals surface area contributed by atoms with E-state index in [9.17, 15) is 14.4 Å². The van der Waals surface area contributed by atoms with E-state index in [0.717, 1.165) is 6.42 Å². The van der Waals surface area contributed by atoms with Crippen molar-refractivity contribution in [1.29, 1.82) is 0 Å². The second kappa shape index (κ2) is 10.2. The van der Waals surface area contributed by atoms with E-state index in [1.165, 1.54) is 0 Å². The van der Waals surface area contributed by atoms with Crippen molar-refractivity contribution >= 4 is 17.7 Å². The molecular weight excluding hydrogens is 434 g/mol. The third-order valence-electron chi connectivity index (χ3n) is 7.54. The smallest absolute Gasteiger partial charge is 0.249 e. The molecule has 0 radical (unpaired) electrons. The lowest BCUT2D eigenvalue weighted by atomic mass is 9.70. The number of hydrogen-bond acceptors (Lipinski definition) is 5. The number of aliphatic hydroxyl groups excluding tert-OH is 1. The van der Waals surface area contributed by atoms with Crippen molar-refractivity contribution in [3.05, 3.63) is 25.3 Å². The van der Waals surface area contributed by atoms with Gasteiger partial charge in [-0.1, -0.05) is 12.2 Å². The molecule has 3 fully saturated rings. The van der Waals surface area contributed by atoms with E-state index in [1.54, 1.807) is 33.9 Å². The summed E-state index contributed by atoms with van der Waals surface area (Å²) in [6.45, 7) is 14.7. The number of hydrogen-bond donors (Lipinski definition) is 1. The first kappa shape index (κ1) is 26.4. The molecule has 0 saturated carbocycles. The Morgan fingerprint density at radius 2 is 1.85 bits per heavy atom. The van der Waals surface area contributed by atoms with Gasteiger partial charge in [-0.3, -0.25) is 14.4 Å². The zero-order valence-electron chi connectivity index (χ0n) is 21.2. The van der Waals surface area contributed by atoms with Gasteiger partial charge < -0.3 is 24.5 Å². The Morgan fingerprint density at radius 3 is 2.44 bits per heavy atom. The summed E-state index contributed by atoms with van der Waals surface area (Å²) in [5, 5.41) is 9.16. The van der Waals surface area contributed by atoms with Gasteiger partial charge in [-0.2, -0.15) is 0 Å². The molecule has 3 amide bonds. The lowest BCUT2D eigenvalue weighted by molar-refractivity contribution is -0.151. The molecule has 8 heteroatoms.